The van der Waals surface area contributed by atoms with Crippen LogP contribution >= 0.6 is 15.9 Å². The summed E-state index contributed by atoms with van der Waals surface area (Å²) in [7, 11) is 0. The fraction of sp³-hybridized carbons (Fsp3) is 0.105. The number of carbonyl (C=O) groups is 1. The van der Waals surface area contributed by atoms with Crippen LogP contribution in [0.1, 0.15) is 15.9 Å². The number of hydrogen-bond donors (Lipinski definition) is 1. The maximum Gasteiger partial charge on any atom is 0.387 e. The largest absolute Gasteiger partial charge is 0.434 e. The van der Waals surface area contributed by atoms with Crippen molar-refractivity contribution in [2.24, 2.45) is 0 Å². The average Bonchev–Trinajstić information content (AvgIpc) is 2.68. The van der Waals surface area contributed by atoms with E-state index in [1.807, 2.05) is 30.3 Å². The molecule has 0 saturated carbocycles. The Labute approximate surface area is 162 Å². The molecule has 3 aromatic rings. The Hall–Kier alpha value is -2.87. The zero-order chi connectivity index (χ0) is 19.2. The molecule has 0 spiro atoms. The van der Waals surface area contributed by atoms with Crippen molar-refractivity contribution in [2.75, 3.05) is 0 Å². The molecule has 0 fully saturated rings. The van der Waals surface area contributed by atoms with Crippen molar-refractivity contribution in [1.29, 1.82) is 0 Å². The zero-order valence-electron chi connectivity index (χ0n) is 13.9. The number of nitrogens with zero attached hydrogens (tertiary/aromatic N) is 2. The summed E-state index contributed by atoms with van der Waals surface area (Å²) in [6, 6.07) is 14.0. The SMILES string of the molecule is O=C(NCc1cc(Br)ccc1OC(F)F)c1cnc(-c2ccccc2)nc1. The molecule has 0 aliphatic rings. The number of amides is 1. The molecular formula is C19H14BrF2N3O2. The van der Waals surface area contributed by atoms with Crippen LogP contribution in [0.25, 0.3) is 11.4 Å². The topological polar surface area (TPSA) is 64.1 Å². The second kappa shape index (κ2) is 8.68. The molecular weight excluding hydrogens is 420 g/mol. The fourth-order valence-corrected chi connectivity index (χ4v) is 2.76. The van der Waals surface area contributed by atoms with Gasteiger partial charge in [0.25, 0.3) is 5.91 Å². The Kier molecular flexibility index (Phi) is 6.08. The highest BCUT2D eigenvalue weighted by Crippen LogP contribution is 2.24. The van der Waals surface area contributed by atoms with Gasteiger partial charge in [-0.1, -0.05) is 46.3 Å². The third kappa shape index (κ3) is 5.07. The number of rotatable bonds is 6. The van der Waals surface area contributed by atoms with Crippen LogP contribution in [0.2, 0.25) is 0 Å². The van der Waals surface area contributed by atoms with E-state index >= 15 is 0 Å². The molecule has 0 radical (unpaired) electrons. The lowest BCUT2D eigenvalue weighted by molar-refractivity contribution is -0.0504. The number of nitrogens with one attached hydrogen (secondary N) is 1. The summed E-state index contributed by atoms with van der Waals surface area (Å²) in [4.78, 5) is 20.7. The fourth-order valence-electron chi connectivity index (χ4n) is 2.36. The summed E-state index contributed by atoms with van der Waals surface area (Å²) < 4.78 is 30.2. The van der Waals surface area contributed by atoms with Crippen LogP contribution in [0.4, 0.5) is 8.78 Å². The molecule has 2 aromatic carbocycles. The number of hydrogen-bond acceptors (Lipinski definition) is 4. The van der Waals surface area contributed by atoms with E-state index in [1.165, 1.54) is 18.5 Å². The highest BCUT2D eigenvalue weighted by molar-refractivity contribution is 9.10. The van der Waals surface area contributed by atoms with Gasteiger partial charge >= 0.3 is 6.61 Å². The van der Waals surface area contributed by atoms with E-state index in [1.54, 1.807) is 12.1 Å². The Morgan fingerprint density at radius 3 is 2.48 bits per heavy atom. The van der Waals surface area contributed by atoms with E-state index in [9.17, 15) is 13.6 Å². The van der Waals surface area contributed by atoms with Gasteiger partial charge in [0.05, 0.1) is 5.56 Å². The molecule has 1 N–H and O–H groups in total. The van der Waals surface area contributed by atoms with Crippen LogP contribution in [0.5, 0.6) is 5.75 Å². The zero-order valence-corrected chi connectivity index (χ0v) is 15.5. The van der Waals surface area contributed by atoms with E-state index in [0.717, 1.165) is 5.56 Å². The van der Waals surface area contributed by atoms with E-state index < -0.39 is 12.5 Å². The van der Waals surface area contributed by atoms with Crippen LogP contribution in [0.3, 0.4) is 0 Å². The first-order valence-corrected chi connectivity index (χ1v) is 8.71. The molecule has 8 heteroatoms. The summed E-state index contributed by atoms with van der Waals surface area (Å²) in [5.41, 5.74) is 1.52. The standard InChI is InChI=1S/C19H14BrF2N3O2/c20-15-6-7-16(27-19(21)22)13(8-15)9-25-18(26)14-10-23-17(24-11-14)12-4-2-1-3-5-12/h1-8,10-11,19H,9H2,(H,25,26). The lowest BCUT2D eigenvalue weighted by Gasteiger charge is -2.12. The lowest BCUT2D eigenvalue weighted by Crippen LogP contribution is -2.23. The Bertz CT molecular complexity index is 922. The van der Waals surface area contributed by atoms with Crippen LogP contribution < -0.4 is 10.1 Å². The van der Waals surface area contributed by atoms with Gasteiger partial charge in [-0.05, 0) is 18.2 Å². The molecule has 0 bridgehead atoms. The number of carbonyl (C=O) groups excluding carboxylic acids is 1. The van der Waals surface area contributed by atoms with Gasteiger partial charge < -0.3 is 10.1 Å². The third-order valence-electron chi connectivity index (χ3n) is 3.62. The molecule has 1 aromatic heterocycles. The van der Waals surface area contributed by atoms with E-state index in [4.69, 9.17) is 0 Å². The van der Waals surface area contributed by atoms with Crippen LogP contribution in [-0.4, -0.2) is 22.5 Å². The van der Waals surface area contributed by atoms with Crippen molar-refractivity contribution < 1.29 is 18.3 Å². The highest BCUT2D eigenvalue weighted by Gasteiger charge is 2.13. The summed E-state index contributed by atoms with van der Waals surface area (Å²) in [5.74, 6) is 0.0912. The predicted molar refractivity (Wildman–Crippen MR) is 99.4 cm³/mol. The molecule has 1 heterocycles. The average molecular weight is 434 g/mol. The van der Waals surface area contributed by atoms with Gasteiger partial charge in [-0.25, -0.2) is 9.97 Å². The molecule has 0 unspecified atom stereocenters. The maximum atomic E-state index is 12.5. The molecule has 138 valence electrons. The summed E-state index contributed by atoms with van der Waals surface area (Å²) in [6.07, 6.45) is 2.84. The predicted octanol–water partition coefficient (Wildman–Crippen LogP) is 4.44. The molecule has 1 amide bonds. The first kappa shape index (κ1) is 18.9. The minimum Gasteiger partial charge on any atom is -0.434 e. The van der Waals surface area contributed by atoms with Gasteiger partial charge in [0.15, 0.2) is 5.82 Å². The second-order valence-electron chi connectivity index (χ2n) is 5.47. The molecule has 0 aliphatic carbocycles. The van der Waals surface area contributed by atoms with Crippen LogP contribution in [0, 0.1) is 0 Å². The molecule has 3 rings (SSSR count). The number of alkyl halides is 2. The van der Waals surface area contributed by atoms with Crippen LogP contribution in [0.15, 0.2) is 65.4 Å². The van der Waals surface area contributed by atoms with Crippen molar-refractivity contribution >= 4 is 21.8 Å². The van der Waals surface area contributed by atoms with Crippen molar-refractivity contribution in [3.8, 4) is 17.1 Å². The normalized spacial score (nSPS) is 10.7. The first-order valence-electron chi connectivity index (χ1n) is 7.92. The number of ether oxygens (including phenoxy) is 1. The minimum absolute atomic E-state index is 0.00387. The van der Waals surface area contributed by atoms with E-state index in [0.29, 0.717) is 15.9 Å². The maximum absolute atomic E-state index is 12.5. The lowest BCUT2D eigenvalue weighted by atomic mass is 10.2. The van der Waals surface area contributed by atoms with E-state index in [2.05, 4.69) is 36.0 Å². The third-order valence-corrected chi connectivity index (χ3v) is 4.12. The first-order chi connectivity index (χ1) is 13.0. The quantitative estimate of drug-likeness (QED) is 0.624. The Morgan fingerprint density at radius 1 is 1.11 bits per heavy atom. The van der Waals surface area contributed by atoms with Gasteiger partial charge in [0.2, 0.25) is 0 Å². The Balaban J connectivity index is 1.69. The highest BCUT2D eigenvalue weighted by atomic mass is 79.9. The second-order valence-corrected chi connectivity index (χ2v) is 6.39. The summed E-state index contributed by atoms with van der Waals surface area (Å²) >= 11 is 3.27. The monoisotopic (exact) mass is 433 g/mol. The van der Waals surface area contributed by atoms with Gasteiger partial charge in [-0.3, -0.25) is 4.79 Å². The summed E-state index contributed by atoms with van der Waals surface area (Å²) in [6.45, 7) is -2.93. The van der Waals surface area contributed by atoms with Crippen molar-refractivity contribution in [3.63, 3.8) is 0 Å². The van der Waals surface area contributed by atoms with E-state index in [-0.39, 0.29) is 17.9 Å². The van der Waals surface area contributed by atoms with Gasteiger partial charge in [-0.2, -0.15) is 8.78 Å². The number of halogens is 3. The molecule has 0 atom stereocenters. The van der Waals surface area contributed by atoms with Gasteiger partial charge in [0.1, 0.15) is 5.75 Å². The number of aromatic nitrogens is 2. The van der Waals surface area contributed by atoms with Gasteiger partial charge in [0, 0.05) is 34.5 Å². The van der Waals surface area contributed by atoms with Crippen molar-refractivity contribution in [3.05, 3.63) is 76.5 Å². The van der Waals surface area contributed by atoms with Gasteiger partial charge in [-0.15, -0.1) is 0 Å². The minimum atomic E-state index is -2.94. The summed E-state index contributed by atoms with van der Waals surface area (Å²) in [5, 5.41) is 2.65. The Morgan fingerprint density at radius 2 is 1.81 bits per heavy atom. The molecule has 0 aliphatic heterocycles. The van der Waals surface area contributed by atoms with Crippen molar-refractivity contribution in [2.45, 2.75) is 13.2 Å². The van der Waals surface area contributed by atoms with Crippen LogP contribution in [-0.2, 0) is 6.54 Å². The molecule has 27 heavy (non-hydrogen) atoms. The van der Waals surface area contributed by atoms with Crippen molar-refractivity contribution in [1.82, 2.24) is 15.3 Å². The molecule has 0 saturated heterocycles. The smallest absolute Gasteiger partial charge is 0.387 e. The molecule has 5 nitrogen and oxygen atoms in total. The number of benzene rings is 2.